The molecule has 2 N–H and O–H groups in total. The molecule has 0 radical (unpaired) electrons. The van der Waals surface area contributed by atoms with Crippen molar-refractivity contribution in [3.8, 4) is 0 Å². The predicted molar refractivity (Wildman–Crippen MR) is 88.0 cm³/mol. The average Bonchev–Trinajstić information content (AvgIpc) is 2.82. The minimum atomic E-state index is 0. The van der Waals surface area contributed by atoms with Crippen LogP contribution in [-0.2, 0) is 11.2 Å². The van der Waals surface area contributed by atoms with Gasteiger partial charge < -0.3 is 10.6 Å². The Bertz CT molecular complexity index is 455. The molecule has 1 unspecified atom stereocenters. The number of hydrogen-bond donors (Lipinski definition) is 1. The second-order valence-corrected chi connectivity index (χ2v) is 6.19. The highest BCUT2D eigenvalue weighted by molar-refractivity contribution is 9.10. The fourth-order valence-corrected chi connectivity index (χ4v) is 3.05. The lowest BCUT2D eigenvalue weighted by atomic mass is 9.95. The van der Waals surface area contributed by atoms with Gasteiger partial charge in [-0.2, -0.15) is 0 Å². The molecule has 1 aromatic carbocycles. The maximum Gasteiger partial charge on any atom is 0.226 e. The lowest BCUT2D eigenvalue weighted by Gasteiger charge is -2.22. The normalized spacial score (nSPS) is 19.6. The lowest BCUT2D eigenvalue weighted by Crippen LogP contribution is -2.37. The number of carbonyl (C=O) groups is 1. The van der Waals surface area contributed by atoms with E-state index in [-0.39, 0.29) is 30.3 Å². The first-order valence-electron chi connectivity index (χ1n) is 6.89. The number of nitrogens with two attached hydrogens (primary N) is 1. The molecule has 0 aliphatic carbocycles. The summed E-state index contributed by atoms with van der Waals surface area (Å²) in [7, 11) is 0. The number of halogens is 2. The molecule has 1 amide bonds. The highest BCUT2D eigenvalue weighted by Gasteiger charge is 2.28. The summed E-state index contributed by atoms with van der Waals surface area (Å²) < 4.78 is 1.07. The van der Waals surface area contributed by atoms with E-state index >= 15 is 0 Å². The molecule has 112 valence electrons. The van der Waals surface area contributed by atoms with Crippen molar-refractivity contribution in [1.82, 2.24) is 4.90 Å². The summed E-state index contributed by atoms with van der Waals surface area (Å²) >= 11 is 3.47. The van der Waals surface area contributed by atoms with Gasteiger partial charge in [-0.3, -0.25) is 4.79 Å². The van der Waals surface area contributed by atoms with E-state index in [0.29, 0.717) is 6.54 Å². The van der Waals surface area contributed by atoms with Crippen molar-refractivity contribution >= 4 is 34.2 Å². The van der Waals surface area contributed by atoms with Gasteiger partial charge in [0.25, 0.3) is 0 Å². The van der Waals surface area contributed by atoms with E-state index in [4.69, 9.17) is 5.73 Å². The molecule has 0 bridgehead atoms. The lowest BCUT2D eigenvalue weighted by molar-refractivity contribution is -0.134. The highest BCUT2D eigenvalue weighted by atomic mass is 79.9. The molecule has 1 aromatic rings. The maximum absolute atomic E-state index is 12.5. The molecule has 0 aromatic heterocycles. The number of amides is 1. The first-order valence-corrected chi connectivity index (χ1v) is 7.68. The number of rotatable bonds is 4. The topological polar surface area (TPSA) is 46.3 Å². The van der Waals surface area contributed by atoms with Gasteiger partial charge in [-0.05, 0) is 37.0 Å². The first kappa shape index (κ1) is 17.5. The van der Waals surface area contributed by atoms with Crippen LogP contribution in [0.5, 0.6) is 0 Å². The summed E-state index contributed by atoms with van der Waals surface area (Å²) in [6.45, 7) is 3.61. The smallest absolute Gasteiger partial charge is 0.226 e. The average molecular weight is 362 g/mol. The Balaban J connectivity index is 0.00000200. The summed E-state index contributed by atoms with van der Waals surface area (Å²) in [4.78, 5) is 14.4. The van der Waals surface area contributed by atoms with Crippen LogP contribution >= 0.6 is 28.3 Å². The van der Waals surface area contributed by atoms with Crippen LogP contribution in [0.25, 0.3) is 0 Å². The molecule has 1 aliphatic heterocycles. The van der Waals surface area contributed by atoms with Crippen molar-refractivity contribution in [3.05, 3.63) is 34.3 Å². The Hall–Kier alpha value is -0.580. The molecule has 2 rings (SSSR count). The summed E-state index contributed by atoms with van der Waals surface area (Å²) in [6.07, 6.45) is 2.61. The van der Waals surface area contributed by atoms with Crippen LogP contribution in [0, 0.1) is 5.92 Å². The van der Waals surface area contributed by atoms with Gasteiger partial charge in [0.1, 0.15) is 0 Å². The van der Waals surface area contributed by atoms with E-state index in [2.05, 4.69) is 35.0 Å². The third-order valence-electron chi connectivity index (χ3n) is 3.75. The van der Waals surface area contributed by atoms with Crippen molar-refractivity contribution in [1.29, 1.82) is 0 Å². The summed E-state index contributed by atoms with van der Waals surface area (Å²) in [5.74, 6) is 0.329. The molecular weight excluding hydrogens is 340 g/mol. The second kappa shape index (κ2) is 8.01. The van der Waals surface area contributed by atoms with Crippen molar-refractivity contribution in [2.24, 2.45) is 11.7 Å². The van der Waals surface area contributed by atoms with E-state index in [1.54, 1.807) is 0 Å². The number of benzene rings is 1. The number of hydrogen-bond acceptors (Lipinski definition) is 2. The highest BCUT2D eigenvalue weighted by Crippen LogP contribution is 2.20. The number of carbonyl (C=O) groups excluding carboxylic acids is 1. The number of nitrogens with zero attached hydrogens (tertiary/aromatic N) is 1. The predicted octanol–water partition coefficient (Wildman–Crippen LogP) is 3.00. The number of likely N-dealkylation sites (tertiary alicyclic amines) is 1. The van der Waals surface area contributed by atoms with Gasteiger partial charge in [0.05, 0.1) is 0 Å². The zero-order valence-electron chi connectivity index (χ0n) is 11.7. The Kier molecular flexibility index (Phi) is 7.00. The minimum absolute atomic E-state index is 0. The monoisotopic (exact) mass is 360 g/mol. The van der Waals surface area contributed by atoms with E-state index in [1.165, 1.54) is 5.56 Å². The van der Waals surface area contributed by atoms with E-state index in [9.17, 15) is 4.79 Å². The van der Waals surface area contributed by atoms with E-state index < -0.39 is 0 Å². The van der Waals surface area contributed by atoms with Crippen LogP contribution in [-0.4, -0.2) is 29.9 Å². The van der Waals surface area contributed by atoms with Gasteiger partial charge >= 0.3 is 0 Å². The molecule has 2 atom stereocenters. The molecule has 20 heavy (non-hydrogen) atoms. The van der Waals surface area contributed by atoms with E-state index in [0.717, 1.165) is 30.3 Å². The molecule has 3 nitrogen and oxygen atoms in total. The fraction of sp³-hybridized carbons (Fsp3) is 0.533. The van der Waals surface area contributed by atoms with Crippen molar-refractivity contribution in [2.75, 3.05) is 13.1 Å². The van der Waals surface area contributed by atoms with Gasteiger partial charge in [0.15, 0.2) is 0 Å². The molecule has 1 saturated heterocycles. The van der Waals surface area contributed by atoms with Gasteiger partial charge in [-0.1, -0.05) is 35.0 Å². The molecule has 1 heterocycles. The molecule has 1 fully saturated rings. The van der Waals surface area contributed by atoms with Crippen LogP contribution in [0.1, 0.15) is 25.3 Å². The largest absolute Gasteiger partial charge is 0.341 e. The molecular formula is C15H22BrClN2O. The molecule has 0 spiro atoms. The van der Waals surface area contributed by atoms with Crippen LogP contribution in [0.3, 0.4) is 0 Å². The Morgan fingerprint density at radius 3 is 2.85 bits per heavy atom. The Labute approximate surface area is 135 Å². The summed E-state index contributed by atoms with van der Waals surface area (Å²) in [5.41, 5.74) is 7.08. The molecule has 1 aliphatic rings. The first-order chi connectivity index (χ1) is 9.10. The van der Waals surface area contributed by atoms with Crippen molar-refractivity contribution < 1.29 is 4.79 Å². The van der Waals surface area contributed by atoms with Crippen LogP contribution < -0.4 is 5.73 Å². The van der Waals surface area contributed by atoms with Gasteiger partial charge in [-0.15, -0.1) is 12.4 Å². The van der Waals surface area contributed by atoms with Crippen molar-refractivity contribution in [3.63, 3.8) is 0 Å². The Morgan fingerprint density at radius 2 is 2.30 bits per heavy atom. The fourth-order valence-electron chi connectivity index (χ4n) is 2.60. The standard InChI is InChI=1S/C15H21BrN2O.ClH/c1-2-12(8-11-4-3-5-13(16)9-11)15(19)18-7-6-14(17)10-18;/h3-5,9,12,14H,2,6-8,10,17H2,1H3;1H/t12?,14-;/m1./s1. The third-order valence-corrected chi connectivity index (χ3v) is 4.24. The Morgan fingerprint density at radius 1 is 1.55 bits per heavy atom. The molecule has 0 saturated carbocycles. The van der Waals surface area contributed by atoms with Gasteiger partial charge in [-0.25, -0.2) is 0 Å². The zero-order chi connectivity index (χ0) is 13.8. The van der Waals surface area contributed by atoms with Gasteiger partial charge in [0, 0.05) is 29.5 Å². The molecule has 5 heteroatoms. The second-order valence-electron chi connectivity index (χ2n) is 5.27. The van der Waals surface area contributed by atoms with Crippen LogP contribution in [0.2, 0.25) is 0 Å². The maximum atomic E-state index is 12.5. The van der Waals surface area contributed by atoms with E-state index in [1.807, 2.05) is 17.0 Å². The minimum Gasteiger partial charge on any atom is -0.341 e. The SMILES string of the molecule is CCC(Cc1cccc(Br)c1)C(=O)N1CC[C@@H](N)C1.Cl. The zero-order valence-corrected chi connectivity index (χ0v) is 14.1. The quantitative estimate of drug-likeness (QED) is 0.896. The summed E-state index contributed by atoms with van der Waals surface area (Å²) in [5, 5.41) is 0. The van der Waals surface area contributed by atoms with Crippen LogP contribution in [0.4, 0.5) is 0 Å². The van der Waals surface area contributed by atoms with Gasteiger partial charge in [0.2, 0.25) is 5.91 Å². The summed E-state index contributed by atoms with van der Waals surface area (Å²) in [6, 6.07) is 8.35. The third kappa shape index (κ3) is 4.47. The van der Waals surface area contributed by atoms with Crippen LogP contribution in [0.15, 0.2) is 28.7 Å². The van der Waals surface area contributed by atoms with Crippen molar-refractivity contribution in [2.45, 2.75) is 32.2 Å².